The van der Waals surface area contributed by atoms with E-state index in [1.54, 1.807) is 31.9 Å². The highest BCUT2D eigenvalue weighted by molar-refractivity contribution is 7.89. The first-order valence-corrected chi connectivity index (χ1v) is 8.55. The van der Waals surface area contributed by atoms with Crippen molar-refractivity contribution >= 4 is 15.9 Å². The molecular weight excluding hydrogens is 288 g/mol. The Kier molecular flexibility index (Phi) is 5.53. The van der Waals surface area contributed by atoms with Gasteiger partial charge in [-0.3, -0.25) is 4.79 Å². The average Bonchev–Trinajstić information content (AvgIpc) is 2.32. The molecule has 0 radical (unpaired) electrons. The van der Waals surface area contributed by atoms with E-state index in [1.165, 1.54) is 0 Å². The molecule has 6 heteroatoms. The molecule has 0 aromatic heterocycles. The van der Waals surface area contributed by atoms with E-state index in [0.717, 1.165) is 18.4 Å². The summed E-state index contributed by atoms with van der Waals surface area (Å²) in [6, 6.07) is 1.70. The predicted octanol–water partition coefficient (Wildman–Crippen LogP) is 2.13. The maximum atomic E-state index is 12.6. The van der Waals surface area contributed by atoms with Crippen molar-refractivity contribution in [3.05, 3.63) is 28.3 Å². The lowest BCUT2D eigenvalue weighted by atomic mass is 9.98. The summed E-state index contributed by atoms with van der Waals surface area (Å²) in [5, 5.41) is 5.28. The molecule has 1 aromatic rings. The number of benzene rings is 1. The van der Waals surface area contributed by atoms with E-state index in [0.29, 0.717) is 23.2 Å². The number of nitrogens with two attached hydrogens (primary N) is 1. The molecule has 0 unspecified atom stereocenters. The zero-order valence-corrected chi connectivity index (χ0v) is 14.2. The Morgan fingerprint density at radius 1 is 1.24 bits per heavy atom. The van der Waals surface area contributed by atoms with Crippen LogP contribution in [0.4, 0.5) is 0 Å². The molecule has 0 aliphatic rings. The van der Waals surface area contributed by atoms with Gasteiger partial charge < -0.3 is 4.90 Å². The van der Waals surface area contributed by atoms with Gasteiger partial charge >= 0.3 is 0 Å². The zero-order chi connectivity index (χ0) is 16.4. The van der Waals surface area contributed by atoms with Gasteiger partial charge in [0.1, 0.15) is 0 Å². The Hall–Kier alpha value is -1.40. The molecule has 1 aromatic carbocycles. The molecular formula is C15H24N2O3S. The second-order valence-electron chi connectivity index (χ2n) is 5.46. The Labute approximate surface area is 127 Å². The number of hydrogen-bond acceptors (Lipinski definition) is 3. The van der Waals surface area contributed by atoms with Crippen LogP contribution in [0.3, 0.4) is 0 Å². The molecule has 0 atom stereocenters. The summed E-state index contributed by atoms with van der Waals surface area (Å²) >= 11 is 0. The summed E-state index contributed by atoms with van der Waals surface area (Å²) < 4.78 is 23.5. The van der Waals surface area contributed by atoms with Crippen LogP contribution in [0.1, 0.15) is 46.8 Å². The van der Waals surface area contributed by atoms with Crippen LogP contribution in [0, 0.1) is 20.8 Å². The zero-order valence-electron chi connectivity index (χ0n) is 13.4. The van der Waals surface area contributed by atoms with Crippen LogP contribution < -0.4 is 5.14 Å². The Morgan fingerprint density at radius 3 is 2.29 bits per heavy atom. The maximum absolute atomic E-state index is 12.6. The fraction of sp³-hybridized carbons (Fsp3) is 0.533. The minimum absolute atomic E-state index is 0.0559. The molecule has 0 saturated carbocycles. The first kappa shape index (κ1) is 17.7. The lowest BCUT2D eigenvalue weighted by molar-refractivity contribution is 0.0791. The van der Waals surface area contributed by atoms with Crippen molar-refractivity contribution in [2.24, 2.45) is 5.14 Å². The molecule has 0 spiro atoms. The van der Waals surface area contributed by atoms with Gasteiger partial charge in [0.05, 0.1) is 4.90 Å². The summed E-state index contributed by atoms with van der Waals surface area (Å²) in [4.78, 5) is 14.3. The van der Waals surface area contributed by atoms with E-state index in [-0.39, 0.29) is 10.8 Å². The molecule has 0 saturated heterocycles. The number of unbranched alkanes of at least 4 members (excludes halogenated alkanes) is 1. The van der Waals surface area contributed by atoms with Crippen molar-refractivity contribution in [3.8, 4) is 0 Å². The molecule has 1 rings (SSSR count). The Morgan fingerprint density at radius 2 is 1.81 bits per heavy atom. The van der Waals surface area contributed by atoms with Gasteiger partial charge in [-0.1, -0.05) is 19.4 Å². The normalized spacial score (nSPS) is 11.5. The van der Waals surface area contributed by atoms with Gasteiger partial charge in [-0.15, -0.1) is 0 Å². The molecule has 21 heavy (non-hydrogen) atoms. The molecule has 0 aliphatic heterocycles. The monoisotopic (exact) mass is 312 g/mol. The maximum Gasteiger partial charge on any atom is 0.254 e. The number of hydrogen-bond donors (Lipinski definition) is 1. The van der Waals surface area contributed by atoms with Crippen LogP contribution in [0.2, 0.25) is 0 Å². The summed E-state index contributed by atoms with van der Waals surface area (Å²) in [6.45, 7) is 7.84. The van der Waals surface area contributed by atoms with Crippen molar-refractivity contribution < 1.29 is 13.2 Å². The SMILES string of the molecule is CCCCN(C)C(=O)c1c(C)cc(C)c(S(N)(=O)=O)c1C. The minimum atomic E-state index is -3.85. The standard InChI is InChI=1S/C15H24N2O3S/c1-6-7-8-17(5)15(18)13-10(2)9-11(3)14(12(13)4)21(16,19)20/h9H,6-8H2,1-5H3,(H2,16,19,20). The van der Waals surface area contributed by atoms with Crippen molar-refractivity contribution in [3.63, 3.8) is 0 Å². The van der Waals surface area contributed by atoms with Gasteiger partial charge in [0.2, 0.25) is 10.0 Å². The van der Waals surface area contributed by atoms with Crippen molar-refractivity contribution in [1.29, 1.82) is 0 Å². The smallest absolute Gasteiger partial charge is 0.254 e. The van der Waals surface area contributed by atoms with Crippen LogP contribution in [0.5, 0.6) is 0 Å². The van der Waals surface area contributed by atoms with Crippen molar-refractivity contribution in [1.82, 2.24) is 4.90 Å². The second-order valence-corrected chi connectivity index (χ2v) is 6.96. The van der Waals surface area contributed by atoms with E-state index in [4.69, 9.17) is 5.14 Å². The molecule has 0 heterocycles. The third kappa shape index (κ3) is 3.83. The number of rotatable bonds is 5. The molecule has 0 aliphatic carbocycles. The highest BCUT2D eigenvalue weighted by atomic mass is 32.2. The number of sulfonamides is 1. The first-order chi connectivity index (χ1) is 9.61. The largest absolute Gasteiger partial charge is 0.342 e. The van der Waals surface area contributed by atoms with Crippen LogP contribution >= 0.6 is 0 Å². The molecule has 118 valence electrons. The van der Waals surface area contributed by atoms with Gasteiger partial charge in [0, 0.05) is 19.2 Å². The quantitative estimate of drug-likeness (QED) is 0.904. The fourth-order valence-corrected chi connectivity index (χ4v) is 3.66. The Balaban J connectivity index is 3.41. The number of aryl methyl sites for hydroxylation is 2. The second kappa shape index (κ2) is 6.58. The average molecular weight is 312 g/mol. The lowest BCUT2D eigenvalue weighted by Gasteiger charge is -2.21. The van der Waals surface area contributed by atoms with Gasteiger partial charge in [-0.2, -0.15) is 0 Å². The Bertz CT molecular complexity index is 651. The molecule has 0 bridgehead atoms. The van der Waals surface area contributed by atoms with Crippen LogP contribution in [0.15, 0.2) is 11.0 Å². The van der Waals surface area contributed by atoms with Crippen LogP contribution in [-0.4, -0.2) is 32.8 Å². The highest BCUT2D eigenvalue weighted by Crippen LogP contribution is 2.26. The number of primary sulfonamides is 1. The minimum Gasteiger partial charge on any atom is -0.342 e. The summed E-state index contributed by atoms with van der Waals surface area (Å²) in [5.41, 5.74) is 2.21. The third-order valence-electron chi connectivity index (χ3n) is 3.59. The van der Waals surface area contributed by atoms with E-state index in [9.17, 15) is 13.2 Å². The van der Waals surface area contributed by atoms with Gasteiger partial charge in [-0.05, 0) is 43.9 Å². The van der Waals surface area contributed by atoms with Crippen LogP contribution in [-0.2, 0) is 10.0 Å². The summed E-state index contributed by atoms with van der Waals surface area (Å²) in [7, 11) is -2.12. The predicted molar refractivity (Wildman–Crippen MR) is 83.9 cm³/mol. The molecule has 2 N–H and O–H groups in total. The number of carbonyl (C=O) groups excluding carboxylic acids is 1. The van der Waals surface area contributed by atoms with E-state index in [1.807, 2.05) is 6.92 Å². The highest BCUT2D eigenvalue weighted by Gasteiger charge is 2.24. The lowest BCUT2D eigenvalue weighted by Crippen LogP contribution is -2.30. The summed E-state index contributed by atoms with van der Waals surface area (Å²) in [6.07, 6.45) is 1.90. The molecule has 0 fully saturated rings. The topological polar surface area (TPSA) is 80.5 Å². The number of carbonyl (C=O) groups is 1. The number of amides is 1. The van der Waals surface area contributed by atoms with Crippen molar-refractivity contribution in [2.45, 2.75) is 45.4 Å². The van der Waals surface area contributed by atoms with E-state index in [2.05, 4.69) is 6.92 Å². The number of nitrogens with zero attached hydrogens (tertiary/aromatic N) is 1. The fourth-order valence-electron chi connectivity index (χ4n) is 2.62. The summed E-state index contributed by atoms with van der Waals surface area (Å²) in [5.74, 6) is -0.164. The van der Waals surface area contributed by atoms with Gasteiger partial charge in [0.15, 0.2) is 0 Å². The molecule has 1 amide bonds. The van der Waals surface area contributed by atoms with Gasteiger partial charge in [-0.25, -0.2) is 13.6 Å². The van der Waals surface area contributed by atoms with Gasteiger partial charge in [0.25, 0.3) is 5.91 Å². The van der Waals surface area contributed by atoms with E-state index < -0.39 is 10.0 Å². The van der Waals surface area contributed by atoms with Crippen LogP contribution in [0.25, 0.3) is 0 Å². The third-order valence-corrected chi connectivity index (χ3v) is 4.79. The molecule has 5 nitrogen and oxygen atoms in total. The van der Waals surface area contributed by atoms with Crippen molar-refractivity contribution in [2.75, 3.05) is 13.6 Å². The first-order valence-electron chi connectivity index (χ1n) is 7.00. The van der Waals surface area contributed by atoms with E-state index >= 15 is 0 Å².